The van der Waals surface area contributed by atoms with Gasteiger partial charge in [0, 0.05) is 24.9 Å². The van der Waals surface area contributed by atoms with Crippen LogP contribution in [-0.4, -0.2) is 44.5 Å². The summed E-state index contributed by atoms with van der Waals surface area (Å²) in [5.74, 6) is 1.28. The summed E-state index contributed by atoms with van der Waals surface area (Å²) >= 11 is 1.49. The fraction of sp³-hybridized carbons (Fsp3) is 0.412. The quantitative estimate of drug-likeness (QED) is 0.687. The van der Waals surface area contributed by atoms with Gasteiger partial charge in [-0.05, 0) is 32.9 Å². The van der Waals surface area contributed by atoms with Crippen LogP contribution >= 0.6 is 11.8 Å². The van der Waals surface area contributed by atoms with E-state index in [1.807, 2.05) is 32.2 Å². The van der Waals surface area contributed by atoms with Crippen LogP contribution in [0, 0.1) is 6.92 Å². The van der Waals surface area contributed by atoms with Crippen LogP contribution in [0.4, 0.5) is 5.69 Å². The average Bonchev–Trinajstić information content (AvgIpc) is 2.95. The summed E-state index contributed by atoms with van der Waals surface area (Å²) in [5.41, 5.74) is 2.46. The molecule has 0 unspecified atom stereocenters. The van der Waals surface area contributed by atoms with Gasteiger partial charge in [-0.3, -0.25) is 14.6 Å². The smallest absolute Gasteiger partial charge is 0.227 e. The molecule has 0 spiro atoms. The van der Waals surface area contributed by atoms with Crippen molar-refractivity contribution in [2.75, 3.05) is 23.0 Å². The van der Waals surface area contributed by atoms with E-state index in [-0.39, 0.29) is 11.7 Å². The van der Waals surface area contributed by atoms with Crippen LogP contribution in [0.15, 0.2) is 30.7 Å². The standard InChI is InChI=1S/C17H22N4O2S/c1-4-20(17(23)7-9-24-12-13(2)22)16-11-21(19-14(16)3)15-6-5-8-18-10-15/h5-6,8,10-11H,4,7,9,12H2,1-3H3. The number of amides is 1. The molecule has 24 heavy (non-hydrogen) atoms. The number of ketones is 1. The summed E-state index contributed by atoms with van der Waals surface area (Å²) in [6.07, 6.45) is 5.70. The highest BCUT2D eigenvalue weighted by molar-refractivity contribution is 7.99. The highest BCUT2D eigenvalue weighted by Gasteiger charge is 2.18. The predicted octanol–water partition coefficient (Wildman–Crippen LogP) is 2.64. The number of nitrogens with zero attached hydrogens (tertiary/aromatic N) is 4. The second kappa shape index (κ2) is 8.63. The number of rotatable bonds is 8. The largest absolute Gasteiger partial charge is 0.310 e. The number of pyridine rings is 1. The number of aromatic nitrogens is 3. The minimum atomic E-state index is 0.0439. The molecule has 7 heteroatoms. The molecular weight excluding hydrogens is 324 g/mol. The summed E-state index contributed by atoms with van der Waals surface area (Å²) in [7, 11) is 0. The van der Waals surface area contributed by atoms with Gasteiger partial charge in [0.25, 0.3) is 0 Å². The molecule has 0 radical (unpaired) electrons. The zero-order valence-electron chi connectivity index (χ0n) is 14.2. The fourth-order valence-electron chi connectivity index (χ4n) is 2.33. The van der Waals surface area contributed by atoms with Gasteiger partial charge in [0.1, 0.15) is 5.78 Å². The van der Waals surface area contributed by atoms with Crippen LogP contribution in [0.1, 0.15) is 26.0 Å². The van der Waals surface area contributed by atoms with Crippen molar-refractivity contribution >= 4 is 29.1 Å². The van der Waals surface area contributed by atoms with Crippen LogP contribution in [0.2, 0.25) is 0 Å². The first-order chi connectivity index (χ1) is 11.5. The molecule has 0 aliphatic heterocycles. The van der Waals surface area contributed by atoms with Gasteiger partial charge in [0.2, 0.25) is 5.91 Å². The predicted molar refractivity (Wildman–Crippen MR) is 96.7 cm³/mol. The zero-order chi connectivity index (χ0) is 17.5. The molecule has 0 aromatic carbocycles. The van der Waals surface area contributed by atoms with Gasteiger partial charge >= 0.3 is 0 Å². The molecule has 2 aromatic rings. The lowest BCUT2D eigenvalue weighted by Crippen LogP contribution is -2.31. The number of hydrogen-bond acceptors (Lipinski definition) is 5. The van der Waals surface area contributed by atoms with Crippen molar-refractivity contribution in [1.82, 2.24) is 14.8 Å². The number of thioether (sulfide) groups is 1. The Morgan fingerprint density at radius 2 is 2.17 bits per heavy atom. The van der Waals surface area contributed by atoms with Gasteiger partial charge in [-0.25, -0.2) is 4.68 Å². The first kappa shape index (κ1) is 18.2. The van der Waals surface area contributed by atoms with Crippen molar-refractivity contribution in [1.29, 1.82) is 0 Å². The maximum Gasteiger partial charge on any atom is 0.227 e. The SMILES string of the molecule is CCN(C(=O)CCSCC(C)=O)c1cn(-c2cccnc2)nc1C. The molecule has 0 aliphatic rings. The van der Waals surface area contributed by atoms with Gasteiger partial charge in [-0.15, -0.1) is 0 Å². The topological polar surface area (TPSA) is 68.1 Å². The molecule has 0 N–H and O–H groups in total. The minimum Gasteiger partial charge on any atom is -0.310 e. The molecule has 2 heterocycles. The van der Waals surface area contributed by atoms with Crippen molar-refractivity contribution in [3.05, 3.63) is 36.4 Å². The molecule has 0 saturated heterocycles. The normalized spacial score (nSPS) is 10.6. The Kier molecular flexibility index (Phi) is 6.54. The second-order valence-electron chi connectivity index (χ2n) is 5.40. The molecule has 0 fully saturated rings. The number of carbonyl (C=O) groups excluding carboxylic acids is 2. The molecule has 128 valence electrons. The molecule has 0 aliphatic carbocycles. The van der Waals surface area contributed by atoms with Gasteiger partial charge in [-0.2, -0.15) is 16.9 Å². The molecule has 2 rings (SSSR count). The molecular formula is C17H22N4O2S. The summed E-state index contributed by atoms with van der Waals surface area (Å²) < 4.78 is 1.73. The van der Waals surface area contributed by atoms with E-state index < -0.39 is 0 Å². The van der Waals surface area contributed by atoms with E-state index in [9.17, 15) is 9.59 Å². The monoisotopic (exact) mass is 346 g/mol. The molecule has 1 amide bonds. The Balaban J connectivity index is 2.08. The van der Waals surface area contributed by atoms with E-state index >= 15 is 0 Å². The van der Waals surface area contributed by atoms with Crippen molar-refractivity contribution in [2.45, 2.75) is 27.2 Å². The van der Waals surface area contributed by atoms with E-state index in [0.29, 0.717) is 24.5 Å². The third kappa shape index (κ3) is 4.67. The van der Waals surface area contributed by atoms with Crippen LogP contribution in [-0.2, 0) is 9.59 Å². The average molecular weight is 346 g/mol. The van der Waals surface area contributed by atoms with E-state index in [2.05, 4.69) is 10.1 Å². The van der Waals surface area contributed by atoms with E-state index in [4.69, 9.17) is 0 Å². The van der Waals surface area contributed by atoms with E-state index in [1.54, 1.807) is 28.9 Å². The number of hydrogen-bond donors (Lipinski definition) is 0. The minimum absolute atomic E-state index is 0.0439. The second-order valence-corrected chi connectivity index (χ2v) is 6.50. The summed E-state index contributed by atoms with van der Waals surface area (Å²) in [4.78, 5) is 29.3. The molecule has 0 saturated carbocycles. The first-order valence-corrected chi connectivity index (χ1v) is 9.02. The fourth-order valence-corrected chi connectivity index (χ4v) is 3.08. The van der Waals surface area contributed by atoms with E-state index in [1.165, 1.54) is 11.8 Å². The van der Waals surface area contributed by atoms with Gasteiger partial charge in [-0.1, -0.05) is 0 Å². The van der Waals surface area contributed by atoms with Crippen LogP contribution in [0.25, 0.3) is 5.69 Å². The number of aryl methyl sites for hydroxylation is 1. The lowest BCUT2D eigenvalue weighted by Gasteiger charge is -2.19. The number of anilines is 1. The molecule has 2 aromatic heterocycles. The van der Waals surface area contributed by atoms with Gasteiger partial charge in [0.15, 0.2) is 0 Å². The first-order valence-electron chi connectivity index (χ1n) is 7.87. The summed E-state index contributed by atoms with van der Waals surface area (Å²) in [5, 5.41) is 4.48. The highest BCUT2D eigenvalue weighted by atomic mass is 32.2. The lowest BCUT2D eigenvalue weighted by molar-refractivity contribution is -0.118. The zero-order valence-corrected chi connectivity index (χ0v) is 15.0. The number of Topliss-reactive ketones (excluding diaryl/α,β-unsaturated/α-hetero) is 1. The third-order valence-corrected chi connectivity index (χ3v) is 4.56. The Labute approximate surface area is 146 Å². The Bertz CT molecular complexity index is 700. The highest BCUT2D eigenvalue weighted by Crippen LogP contribution is 2.22. The Morgan fingerprint density at radius 3 is 2.79 bits per heavy atom. The Morgan fingerprint density at radius 1 is 1.38 bits per heavy atom. The van der Waals surface area contributed by atoms with Gasteiger partial charge in [0.05, 0.1) is 35.2 Å². The van der Waals surface area contributed by atoms with Crippen LogP contribution < -0.4 is 4.90 Å². The van der Waals surface area contributed by atoms with E-state index in [0.717, 1.165) is 17.1 Å². The summed E-state index contributed by atoms with van der Waals surface area (Å²) in [6.45, 7) is 5.98. The maximum absolute atomic E-state index is 12.5. The lowest BCUT2D eigenvalue weighted by atomic mass is 10.3. The molecule has 0 bridgehead atoms. The summed E-state index contributed by atoms with van der Waals surface area (Å²) in [6, 6.07) is 3.76. The van der Waals surface area contributed by atoms with Crippen LogP contribution in [0.3, 0.4) is 0 Å². The Hall–Kier alpha value is -2.15. The molecule has 0 atom stereocenters. The van der Waals surface area contributed by atoms with Crippen molar-refractivity contribution in [3.8, 4) is 5.69 Å². The maximum atomic E-state index is 12.5. The molecule has 6 nitrogen and oxygen atoms in total. The third-order valence-electron chi connectivity index (χ3n) is 3.46. The van der Waals surface area contributed by atoms with Crippen molar-refractivity contribution in [3.63, 3.8) is 0 Å². The number of carbonyl (C=O) groups is 2. The van der Waals surface area contributed by atoms with Crippen molar-refractivity contribution < 1.29 is 9.59 Å². The van der Waals surface area contributed by atoms with Gasteiger partial charge < -0.3 is 4.90 Å². The van der Waals surface area contributed by atoms with Crippen molar-refractivity contribution in [2.24, 2.45) is 0 Å². The van der Waals surface area contributed by atoms with Crippen LogP contribution in [0.5, 0.6) is 0 Å².